The third-order valence-electron chi connectivity index (χ3n) is 1.13. The summed E-state index contributed by atoms with van der Waals surface area (Å²) >= 11 is 5.75. The molecule has 0 heterocycles. The molecule has 0 saturated heterocycles. The Morgan fingerprint density at radius 2 is 2.55 bits per heavy atom. The Labute approximate surface area is 71.3 Å². The molecule has 0 saturated carbocycles. The number of hydrogen-bond donors (Lipinski definition) is 0. The monoisotopic (exact) mass is 167 g/mol. The van der Waals surface area contributed by atoms with Crippen LogP contribution in [-0.4, -0.2) is 6.61 Å². The minimum absolute atomic E-state index is 0.470. The molecule has 0 amide bonds. The second-order valence-corrected chi connectivity index (χ2v) is 2.33. The van der Waals surface area contributed by atoms with E-state index in [9.17, 15) is 0 Å². The van der Waals surface area contributed by atoms with Crippen LogP contribution >= 0.6 is 11.6 Å². The van der Waals surface area contributed by atoms with E-state index >= 15 is 0 Å². The van der Waals surface area contributed by atoms with Gasteiger partial charge in [0.25, 0.3) is 0 Å². The summed E-state index contributed by atoms with van der Waals surface area (Å²) in [6, 6.07) is 8.17. The van der Waals surface area contributed by atoms with Crippen molar-refractivity contribution in [3.05, 3.63) is 41.9 Å². The van der Waals surface area contributed by atoms with Gasteiger partial charge in [0.1, 0.15) is 12.4 Å². The van der Waals surface area contributed by atoms with Crippen molar-refractivity contribution in [2.45, 2.75) is 0 Å². The molecule has 0 fully saturated rings. The zero-order chi connectivity index (χ0) is 8.10. The molecule has 57 valence electrons. The average Bonchev–Trinajstić information content (AvgIpc) is 2.03. The first-order valence-corrected chi connectivity index (χ1v) is 3.62. The van der Waals surface area contributed by atoms with Gasteiger partial charge in [0, 0.05) is 6.07 Å². The average molecular weight is 168 g/mol. The number of ether oxygens (including phenoxy) is 1. The van der Waals surface area contributed by atoms with Gasteiger partial charge >= 0.3 is 0 Å². The molecule has 0 spiro atoms. The van der Waals surface area contributed by atoms with Crippen LogP contribution in [0.4, 0.5) is 0 Å². The van der Waals surface area contributed by atoms with Gasteiger partial charge in [0.05, 0.1) is 5.02 Å². The Balaban J connectivity index is 2.69. The molecule has 1 radical (unpaired) electrons. The molecule has 0 atom stereocenters. The van der Waals surface area contributed by atoms with Crippen molar-refractivity contribution < 1.29 is 4.74 Å². The first-order valence-electron chi connectivity index (χ1n) is 3.24. The largest absolute Gasteiger partial charge is 0.488 e. The van der Waals surface area contributed by atoms with Crippen LogP contribution in [0.5, 0.6) is 5.75 Å². The van der Waals surface area contributed by atoms with Crippen molar-refractivity contribution in [1.82, 2.24) is 0 Å². The van der Waals surface area contributed by atoms with Gasteiger partial charge in [-0.05, 0) is 6.07 Å². The molecule has 11 heavy (non-hydrogen) atoms. The van der Waals surface area contributed by atoms with Crippen molar-refractivity contribution in [3.63, 3.8) is 0 Å². The molecular formula is C9H8ClO. The zero-order valence-corrected chi connectivity index (χ0v) is 6.77. The molecule has 0 aliphatic carbocycles. The molecule has 1 nitrogen and oxygen atoms in total. The van der Waals surface area contributed by atoms with Crippen LogP contribution in [0.15, 0.2) is 30.9 Å². The lowest BCUT2D eigenvalue weighted by molar-refractivity contribution is 0.363. The number of rotatable bonds is 3. The van der Waals surface area contributed by atoms with E-state index in [4.69, 9.17) is 16.3 Å². The minimum Gasteiger partial charge on any atom is -0.488 e. The molecule has 0 aromatic heterocycles. The third-order valence-corrected chi connectivity index (χ3v) is 1.42. The lowest BCUT2D eigenvalue weighted by Gasteiger charge is -2.03. The van der Waals surface area contributed by atoms with Crippen molar-refractivity contribution in [2.24, 2.45) is 0 Å². The Morgan fingerprint density at radius 1 is 1.73 bits per heavy atom. The van der Waals surface area contributed by atoms with E-state index < -0.39 is 0 Å². The van der Waals surface area contributed by atoms with Gasteiger partial charge in [-0.25, -0.2) is 0 Å². The van der Waals surface area contributed by atoms with Crippen molar-refractivity contribution in [3.8, 4) is 5.75 Å². The number of halogens is 1. The highest BCUT2D eigenvalue weighted by Gasteiger charge is 1.96. The molecule has 0 unspecified atom stereocenters. The van der Waals surface area contributed by atoms with Crippen LogP contribution in [0.3, 0.4) is 0 Å². The van der Waals surface area contributed by atoms with Gasteiger partial charge in [0.2, 0.25) is 0 Å². The van der Waals surface area contributed by atoms with Gasteiger partial charge in [-0.15, -0.1) is 0 Å². The summed E-state index contributed by atoms with van der Waals surface area (Å²) in [4.78, 5) is 0. The van der Waals surface area contributed by atoms with E-state index in [1.807, 2.05) is 6.07 Å². The molecule has 0 aliphatic heterocycles. The van der Waals surface area contributed by atoms with Crippen LogP contribution in [0.2, 0.25) is 5.02 Å². The second-order valence-electron chi connectivity index (χ2n) is 1.95. The van der Waals surface area contributed by atoms with Crippen molar-refractivity contribution in [1.29, 1.82) is 0 Å². The summed E-state index contributed by atoms with van der Waals surface area (Å²) in [6.07, 6.45) is 1.67. The molecule has 0 bridgehead atoms. The standard InChI is InChI=1S/C9H8ClO/c1-2-7-11-9-6-4-3-5-8(9)10/h2-4,6H,1,7H2. The Kier molecular flexibility index (Phi) is 2.99. The lowest BCUT2D eigenvalue weighted by Crippen LogP contribution is -1.92. The Hall–Kier alpha value is -0.950. The van der Waals surface area contributed by atoms with E-state index in [0.29, 0.717) is 17.4 Å². The second kappa shape index (κ2) is 4.04. The van der Waals surface area contributed by atoms with Gasteiger partial charge in [-0.3, -0.25) is 0 Å². The molecule has 0 N–H and O–H groups in total. The van der Waals surface area contributed by atoms with Crippen LogP contribution in [0, 0.1) is 6.07 Å². The van der Waals surface area contributed by atoms with Crippen LogP contribution in [-0.2, 0) is 0 Å². The van der Waals surface area contributed by atoms with Gasteiger partial charge in [-0.2, -0.15) is 0 Å². The third kappa shape index (κ3) is 2.28. The van der Waals surface area contributed by atoms with E-state index in [1.165, 1.54) is 0 Å². The number of benzene rings is 1. The SMILES string of the molecule is C=CCOc1ccc[c]c1Cl. The Morgan fingerprint density at radius 3 is 3.18 bits per heavy atom. The summed E-state index contributed by atoms with van der Waals surface area (Å²) in [5, 5.41) is 0.509. The highest BCUT2D eigenvalue weighted by Crippen LogP contribution is 2.22. The Bertz CT molecular complexity index is 245. The van der Waals surface area contributed by atoms with E-state index in [2.05, 4.69) is 12.6 Å². The molecule has 2 heteroatoms. The highest BCUT2D eigenvalue weighted by atomic mass is 35.5. The topological polar surface area (TPSA) is 9.23 Å². The first-order chi connectivity index (χ1) is 5.34. The smallest absolute Gasteiger partial charge is 0.139 e. The van der Waals surface area contributed by atoms with Crippen LogP contribution in [0.1, 0.15) is 0 Å². The molecule has 1 rings (SSSR count). The van der Waals surface area contributed by atoms with Gasteiger partial charge in [-0.1, -0.05) is 36.4 Å². The summed E-state index contributed by atoms with van der Waals surface area (Å²) in [7, 11) is 0. The number of hydrogen-bond acceptors (Lipinski definition) is 1. The molecule has 1 aromatic rings. The summed E-state index contributed by atoms with van der Waals surface area (Å²) in [5.74, 6) is 0.647. The molecule has 0 aliphatic rings. The lowest BCUT2D eigenvalue weighted by atomic mass is 10.3. The summed E-state index contributed by atoms with van der Waals surface area (Å²) in [5.41, 5.74) is 0. The predicted octanol–water partition coefficient (Wildman–Crippen LogP) is 2.70. The van der Waals surface area contributed by atoms with Crippen molar-refractivity contribution in [2.75, 3.05) is 6.61 Å². The molecular weight excluding hydrogens is 160 g/mol. The van der Waals surface area contributed by atoms with Crippen LogP contribution < -0.4 is 4.74 Å². The maximum absolute atomic E-state index is 5.75. The minimum atomic E-state index is 0.470. The maximum atomic E-state index is 5.75. The zero-order valence-electron chi connectivity index (χ0n) is 6.01. The van der Waals surface area contributed by atoms with Gasteiger partial charge < -0.3 is 4.74 Å². The fraction of sp³-hybridized carbons (Fsp3) is 0.111. The predicted molar refractivity (Wildman–Crippen MR) is 46.0 cm³/mol. The van der Waals surface area contributed by atoms with E-state index in [-0.39, 0.29) is 0 Å². The van der Waals surface area contributed by atoms with E-state index in [1.54, 1.807) is 18.2 Å². The van der Waals surface area contributed by atoms with Crippen molar-refractivity contribution >= 4 is 11.6 Å². The summed E-state index contributed by atoms with van der Waals surface area (Å²) in [6.45, 7) is 4.00. The first kappa shape index (κ1) is 8.15. The van der Waals surface area contributed by atoms with E-state index in [0.717, 1.165) is 0 Å². The highest BCUT2D eigenvalue weighted by molar-refractivity contribution is 6.31. The fourth-order valence-corrected chi connectivity index (χ4v) is 0.842. The van der Waals surface area contributed by atoms with Crippen LogP contribution in [0.25, 0.3) is 0 Å². The molecule has 1 aromatic carbocycles. The quantitative estimate of drug-likeness (QED) is 0.629. The fourth-order valence-electron chi connectivity index (χ4n) is 0.661. The normalized spacial score (nSPS) is 9.18. The maximum Gasteiger partial charge on any atom is 0.139 e. The van der Waals surface area contributed by atoms with Gasteiger partial charge in [0.15, 0.2) is 0 Å². The summed E-state index contributed by atoms with van der Waals surface area (Å²) < 4.78 is 5.20.